The molecule has 0 amide bonds. The number of nitrogens with zero attached hydrogens (tertiary/aromatic N) is 3. The summed E-state index contributed by atoms with van der Waals surface area (Å²) in [5.41, 5.74) is 0.770. The maximum atomic E-state index is 9.71. The molecule has 2 heterocycles. The van der Waals surface area contributed by atoms with Gasteiger partial charge in [0, 0.05) is 19.3 Å². The number of hydrogen-bond acceptors (Lipinski definition) is 3. The normalized spacial score (nSPS) is 17.2. The Morgan fingerprint density at radius 1 is 1.10 bits per heavy atom. The predicted octanol–water partition coefficient (Wildman–Crippen LogP) is 3.91. The summed E-state index contributed by atoms with van der Waals surface area (Å²) in [6.45, 7) is 1.69. The van der Waals surface area contributed by atoms with E-state index in [2.05, 4.69) is 44.0 Å². The highest BCUT2D eigenvalue weighted by atomic mass is 79.9. The van der Waals surface area contributed by atoms with Crippen molar-refractivity contribution in [2.75, 3.05) is 18.0 Å². The van der Waals surface area contributed by atoms with E-state index in [-0.39, 0.29) is 5.41 Å². The number of nitriles is 1. The van der Waals surface area contributed by atoms with E-state index in [9.17, 15) is 5.26 Å². The van der Waals surface area contributed by atoms with Gasteiger partial charge in [-0.3, -0.25) is 0 Å². The lowest BCUT2D eigenvalue weighted by Crippen LogP contribution is -2.42. The van der Waals surface area contributed by atoms with Gasteiger partial charge in [-0.05, 0) is 46.5 Å². The largest absolute Gasteiger partial charge is 0.356 e. The fraction of sp³-hybridized carbons (Fsp3) is 0.294. The molecule has 2 aromatic rings. The summed E-state index contributed by atoms with van der Waals surface area (Å²) >= 11 is 3.55. The molecule has 0 unspecified atom stereocenters. The third-order valence-corrected chi connectivity index (χ3v) is 4.81. The number of pyridine rings is 1. The van der Waals surface area contributed by atoms with Crippen molar-refractivity contribution in [2.45, 2.75) is 18.3 Å². The van der Waals surface area contributed by atoms with Crippen molar-refractivity contribution in [3.8, 4) is 6.07 Å². The Hall–Kier alpha value is -1.86. The van der Waals surface area contributed by atoms with Gasteiger partial charge in [0.2, 0.25) is 0 Å². The first-order valence-corrected chi connectivity index (χ1v) is 7.87. The average Bonchev–Trinajstić information content (AvgIpc) is 2.56. The zero-order chi connectivity index (χ0) is 14.7. The van der Waals surface area contributed by atoms with Crippen LogP contribution in [0.15, 0.2) is 53.1 Å². The highest BCUT2D eigenvalue weighted by Gasteiger charge is 2.36. The lowest BCUT2D eigenvalue weighted by Gasteiger charge is -2.38. The van der Waals surface area contributed by atoms with Crippen LogP contribution in [0.3, 0.4) is 0 Å². The Labute approximate surface area is 133 Å². The molecule has 0 aliphatic carbocycles. The Kier molecular flexibility index (Phi) is 3.94. The van der Waals surface area contributed by atoms with Gasteiger partial charge >= 0.3 is 0 Å². The number of piperidine rings is 1. The van der Waals surface area contributed by atoms with Gasteiger partial charge in [-0.2, -0.15) is 5.26 Å². The van der Waals surface area contributed by atoms with Gasteiger partial charge < -0.3 is 4.90 Å². The molecule has 0 radical (unpaired) electrons. The number of aromatic nitrogens is 1. The third kappa shape index (κ3) is 2.66. The van der Waals surface area contributed by atoms with Gasteiger partial charge in [0.1, 0.15) is 5.82 Å². The van der Waals surface area contributed by atoms with Crippen molar-refractivity contribution in [3.05, 3.63) is 58.7 Å². The minimum Gasteiger partial charge on any atom is -0.356 e. The van der Waals surface area contributed by atoms with Gasteiger partial charge in [-0.25, -0.2) is 4.98 Å². The molecule has 1 fully saturated rings. The highest BCUT2D eigenvalue weighted by Crippen LogP contribution is 2.37. The molecule has 0 atom stereocenters. The Bertz CT molecular complexity index is 655. The summed E-state index contributed by atoms with van der Waals surface area (Å²) in [5, 5.41) is 9.71. The summed E-state index contributed by atoms with van der Waals surface area (Å²) in [6.07, 6.45) is 3.47. The Morgan fingerprint density at radius 3 is 2.43 bits per heavy atom. The second kappa shape index (κ2) is 5.87. The van der Waals surface area contributed by atoms with Crippen LogP contribution >= 0.6 is 15.9 Å². The molecule has 1 aliphatic heterocycles. The van der Waals surface area contributed by atoms with Gasteiger partial charge in [-0.15, -0.1) is 0 Å². The smallest absolute Gasteiger partial charge is 0.142 e. The fourth-order valence-electron chi connectivity index (χ4n) is 2.93. The van der Waals surface area contributed by atoms with E-state index in [0.717, 1.165) is 41.8 Å². The van der Waals surface area contributed by atoms with Gasteiger partial charge in [0.05, 0.1) is 16.0 Å². The van der Waals surface area contributed by atoms with E-state index >= 15 is 0 Å². The van der Waals surface area contributed by atoms with E-state index < -0.39 is 0 Å². The van der Waals surface area contributed by atoms with Crippen LogP contribution in [-0.2, 0) is 5.41 Å². The number of anilines is 1. The summed E-state index contributed by atoms with van der Waals surface area (Å²) in [5.74, 6) is 0.970. The van der Waals surface area contributed by atoms with E-state index in [1.54, 1.807) is 0 Å². The molecule has 0 bridgehead atoms. The fourth-order valence-corrected chi connectivity index (χ4v) is 3.44. The van der Waals surface area contributed by atoms with Crippen molar-refractivity contribution in [1.82, 2.24) is 4.98 Å². The molecule has 1 aromatic heterocycles. The standard InChI is InChI=1S/C17H16BrN3/c18-15-7-4-10-20-16(15)21-11-8-17(13-19,9-12-21)14-5-2-1-3-6-14/h1-7,10H,8-9,11-12H2. The number of halogens is 1. The average molecular weight is 342 g/mol. The molecule has 4 heteroatoms. The van der Waals surface area contributed by atoms with Crippen LogP contribution in [0.2, 0.25) is 0 Å². The van der Waals surface area contributed by atoms with Crippen molar-refractivity contribution in [3.63, 3.8) is 0 Å². The Morgan fingerprint density at radius 2 is 1.81 bits per heavy atom. The summed E-state index contributed by atoms with van der Waals surface area (Å²) in [7, 11) is 0. The van der Waals surface area contributed by atoms with E-state index in [4.69, 9.17) is 0 Å². The zero-order valence-corrected chi connectivity index (χ0v) is 13.3. The van der Waals surface area contributed by atoms with Crippen molar-refractivity contribution >= 4 is 21.7 Å². The lowest BCUT2D eigenvalue weighted by atomic mass is 9.74. The Balaban J connectivity index is 1.81. The predicted molar refractivity (Wildman–Crippen MR) is 87.1 cm³/mol. The summed E-state index contributed by atoms with van der Waals surface area (Å²) < 4.78 is 1.01. The lowest BCUT2D eigenvalue weighted by molar-refractivity contribution is 0.414. The van der Waals surface area contributed by atoms with Crippen LogP contribution in [0.5, 0.6) is 0 Å². The number of benzene rings is 1. The first-order chi connectivity index (χ1) is 10.2. The maximum absolute atomic E-state index is 9.71. The first-order valence-electron chi connectivity index (χ1n) is 7.07. The van der Waals surface area contributed by atoms with Crippen molar-refractivity contribution < 1.29 is 0 Å². The molecule has 3 rings (SSSR count). The molecule has 0 N–H and O–H groups in total. The second-order valence-corrected chi connectivity index (χ2v) is 6.21. The highest BCUT2D eigenvalue weighted by molar-refractivity contribution is 9.10. The molecule has 0 saturated carbocycles. The van der Waals surface area contributed by atoms with E-state index in [1.165, 1.54) is 0 Å². The molecule has 1 saturated heterocycles. The molecule has 3 nitrogen and oxygen atoms in total. The monoisotopic (exact) mass is 341 g/mol. The molecule has 21 heavy (non-hydrogen) atoms. The first kappa shape index (κ1) is 14.1. The van der Waals surface area contributed by atoms with E-state index in [1.807, 2.05) is 36.5 Å². The van der Waals surface area contributed by atoms with Crippen LogP contribution in [0.1, 0.15) is 18.4 Å². The van der Waals surface area contributed by atoms with Crippen molar-refractivity contribution in [2.24, 2.45) is 0 Å². The molecule has 0 spiro atoms. The molecular weight excluding hydrogens is 326 g/mol. The van der Waals surface area contributed by atoms with E-state index in [0.29, 0.717) is 0 Å². The quantitative estimate of drug-likeness (QED) is 0.831. The number of hydrogen-bond donors (Lipinski definition) is 0. The van der Waals surface area contributed by atoms with Gasteiger partial charge in [-0.1, -0.05) is 30.3 Å². The van der Waals surface area contributed by atoms with Crippen LogP contribution in [0.25, 0.3) is 0 Å². The molecule has 1 aromatic carbocycles. The van der Waals surface area contributed by atoms with Crippen LogP contribution in [0, 0.1) is 11.3 Å². The van der Waals surface area contributed by atoms with Crippen LogP contribution < -0.4 is 4.90 Å². The minimum absolute atomic E-state index is 0.362. The van der Waals surface area contributed by atoms with Crippen LogP contribution in [0.4, 0.5) is 5.82 Å². The van der Waals surface area contributed by atoms with Crippen molar-refractivity contribution in [1.29, 1.82) is 5.26 Å². The molecule has 1 aliphatic rings. The SMILES string of the molecule is N#CC1(c2ccccc2)CCN(c2ncccc2Br)CC1. The second-order valence-electron chi connectivity index (χ2n) is 5.36. The molecular formula is C17H16BrN3. The zero-order valence-electron chi connectivity index (χ0n) is 11.7. The van der Waals surface area contributed by atoms with Crippen LogP contribution in [-0.4, -0.2) is 18.1 Å². The van der Waals surface area contributed by atoms with Gasteiger partial charge in [0.25, 0.3) is 0 Å². The topological polar surface area (TPSA) is 39.9 Å². The summed E-state index contributed by atoms with van der Waals surface area (Å²) in [6, 6.07) is 16.6. The third-order valence-electron chi connectivity index (χ3n) is 4.20. The number of rotatable bonds is 2. The summed E-state index contributed by atoms with van der Waals surface area (Å²) in [4.78, 5) is 6.70. The maximum Gasteiger partial charge on any atom is 0.142 e. The minimum atomic E-state index is -0.362. The molecule has 106 valence electrons. The van der Waals surface area contributed by atoms with Gasteiger partial charge in [0.15, 0.2) is 0 Å².